The Hall–Kier alpha value is -2.47. The molecule has 3 aromatic rings. The normalized spacial score (nSPS) is 13.4. The van der Waals surface area contributed by atoms with Crippen LogP contribution in [-0.2, 0) is 19.4 Å². The van der Waals surface area contributed by atoms with Crippen molar-refractivity contribution in [3.63, 3.8) is 0 Å². The van der Waals surface area contributed by atoms with E-state index in [1.807, 2.05) is 19.1 Å². The number of ether oxygens (including phenoxy) is 1. The molecule has 2 heterocycles. The number of hydrogen-bond acceptors (Lipinski definition) is 4. The molecule has 2 aromatic heterocycles. The van der Waals surface area contributed by atoms with E-state index in [9.17, 15) is 9.59 Å². The molecule has 0 saturated carbocycles. The summed E-state index contributed by atoms with van der Waals surface area (Å²) in [6.07, 6.45) is 2.47. The molecule has 25 heavy (non-hydrogen) atoms. The van der Waals surface area contributed by atoms with Crippen molar-refractivity contribution in [1.82, 2.24) is 9.55 Å². The average molecular weight is 361 g/mol. The zero-order chi connectivity index (χ0) is 17.6. The molecule has 4 rings (SSSR count). The minimum atomic E-state index is -0.605. The highest BCUT2D eigenvalue weighted by Crippen LogP contribution is 2.31. The molecule has 1 aliphatic rings. The van der Waals surface area contributed by atoms with Crippen LogP contribution in [0.3, 0.4) is 0 Å². The maximum Gasteiger partial charge on any atom is 0.417 e. The third kappa shape index (κ3) is 2.57. The predicted octanol–water partition coefficient (Wildman–Crippen LogP) is 2.87. The van der Waals surface area contributed by atoms with E-state index in [4.69, 9.17) is 20.8 Å². The molecule has 1 aromatic carbocycles. The van der Waals surface area contributed by atoms with Crippen molar-refractivity contribution >= 4 is 22.7 Å². The second-order valence-electron chi connectivity index (χ2n) is 6.04. The summed E-state index contributed by atoms with van der Waals surface area (Å²) in [6.45, 7) is 2.70. The van der Waals surface area contributed by atoms with Crippen molar-refractivity contribution in [1.29, 1.82) is 0 Å². The molecule has 130 valence electrons. The number of halogens is 1. The molecule has 1 aliphatic carbocycles. The number of rotatable bonds is 4. The molecular weight excluding hydrogens is 344 g/mol. The molecule has 0 saturated heterocycles. The lowest BCUT2D eigenvalue weighted by Crippen LogP contribution is -2.25. The van der Waals surface area contributed by atoms with Crippen molar-refractivity contribution in [3.05, 3.63) is 60.9 Å². The molecule has 1 N–H and O–H groups in total. The molecule has 0 unspecified atom stereocenters. The third-order valence-electron chi connectivity index (χ3n) is 4.59. The van der Waals surface area contributed by atoms with E-state index in [0.717, 1.165) is 36.1 Å². The zero-order valence-electron chi connectivity index (χ0n) is 13.7. The minimum Gasteiger partial charge on any atom is -0.493 e. The lowest BCUT2D eigenvalue weighted by atomic mass is 10.1. The Balaban J connectivity index is 1.93. The first-order chi connectivity index (χ1) is 12.1. The van der Waals surface area contributed by atoms with Crippen LogP contribution in [0.25, 0.3) is 11.1 Å². The maximum atomic E-state index is 12.9. The minimum absolute atomic E-state index is 0.218. The summed E-state index contributed by atoms with van der Waals surface area (Å²) in [7, 11) is 0. The Morgan fingerprint density at radius 2 is 2.16 bits per heavy atom. The number of hydrogen-bond donors (Lipinski definition) is 1. The van der Waals surface area contributed by atoms with Gasteiger partial charge in [-0.3, -0.25) is 9.78 Å². The molecule has 0 atom stereocenters. The summed E-state index contributed by atoms with van der Waals surface area (Å²) >= 11 is 6.37. The molecule has 0 radical (unpaired) electrons. The predicted molar refractivity (Wildman–Crippen MR) is 94.8 cm³/mol. The second-order valence-corrected chi connectivity index (χ2v) is 6.45. The maximum absolute atomic E-state index is 12.9. The van der Waals surface area contributed by atoms with Gasteiger partial charge in [-0.1, -0.05) is 17.7 Å². The molecule has 0 spiro atoms. The smallest absolute Gasteiger partial charge is 0.417 e. The van der Waals surface area contributed by atoms with Crippen LogP contribution in [0.5, 0.6) is 5.75 Å². The van der Waals surface area contributed by atoms with Crippen molar-refractivity contribution in [2.24, 2.45) is 0 Å². The number of aromatic amines is 1. The first-order valence-electron chi connectivity index (χ1n) is 8.27. The fraction of sp³-hybridized carbons (Fsp3) is 0.333. The van der Waals surface area contributed by atoms with Gasteiger partial charge in [-0.25, -0.2) is 4.79 Å². The lowest BCUT2D eigenvalue weighted by Gasteiger charge is -2.16. The number of fused-ring (bicyclic) bond motifs is 3. The summed E-state index contributed by atoms with van der Waals surface area (Å²) in [5.41, 5.74) is 2.93. The zero-order valence-corrected chi connectivity index (χ0v) is 14.5. The topological polar surface area (TPSA) is 77.2 Å². The number of aryl methyl sites for hydroxylation is 1. The number of nitrogens with zero attached hydrogens (tertiary/aromatic N) is 1. The monoisotopic (exact) mass is 360 g/mol. The number of H-pyrrole nitrogens is 1. The van der Waals surface area contributed by atoms with Crippen molar-refractivity contribution < 1.29 is 9.15 Å². The van der Waals surface area contributed by atoms with Crippen LogP contribution in [0.1, 0.15) is 30.2 Å². The fourth-order valence-corrected chi connectivity index (χ4v) is 3.75. The summed E-state index contributed by atoms with van der Waals surface area (Å²) in [4.78, 5) is 27.0. The van der Waals surface area contributed by atoms with Crippen molar-refractivity contribution in [3.8, 4) is 5.75 Å². The van der Waals surface area contributed by atoms with Crippen LogP contribution >= 0.6 is 11.6 Å². The highest BCUT2D eigenvalue weighted by atomic mass is 35.5. The summed E-state index contributed by atoms with van der Waals surface area (Å²) in [5, 5.41) is 0.547. The van der Waals surface area contributed by atoms with E-state index >= 15 is 0 Å². The van der Waals surface area contributed by atoms with Crippen LogP contribution in [0, 0.1) is 0 Å². The van der Waals surface area contributed by atoms with Crippen molar-refractivity contribution in [2.75, 3.05) is 6.61 Å². The standard InChI is InChI=1S/C18H17ClN2O4/c1-2-24-14-8-4-6-12(19)11(14)9-21-13-7-3-5-10(13)16-15(17(21)22)20-18(23)25-16/h4,6,8H,2-3,5,7,9H2,1H3,(H,20,23). The van der Waals surface area contributed by atoms with Gasteiger partial charge in [-0.2, -0.15) is 0 Å². The van der Waals surface area contributed by atoms with Crippen LogP contribution in [0.15, 0.2) is 32.2 Å². The molecule has 6 nitrogen and oxygen atoms in total. The van der Waals surface area contributed by atoms with Crippen LogP contribution < -0.4 is 16.1 Å². The van der Waals surface area contributed by atoms with Gasteiger partial charge in [0.1, 0.15) is 5.75 Å². The van der Waals surface area contributed by atoms with Gasteiger partial charge in [-0.05, 0) is 38.3 Å². The van der Waals surface area contributed by atoms with Gasteiger partial charge in [-0.15, -0.1) is 0 Å². The van der Waals surface area contributed by atoms with E-state index in [2.05, 4.69) is 4.98 Å². The largest absolute Gasteiger partial charge is 0.493 e. The van der Waals surface area contributed by atoms with Gasteiger partial charge in [0, 0.05) is 21.8 Å². The highest BCUT2D eigenvalue weighted by Gasteiger charge is 2.25. The fourth-order valence-electron chi connectivity index (χ4n) is 3.53. The van der Waals surface area contributed by atoms with Gasteiger partial charge >= 0.3 is 5.76 Å². The molecule has 7 heteroatoms. The SMILES string of the molecule is CCOc1cccc(Cl)c1Cn1c2c(c3oc(=O)[nH]c3c1=O)CCC2. The van der Waals surface area contributed by atoms with E-state index < -0.39 is 5.76 Å². The summed E-state index contributed by atoms with van der Waals surface area (Å²) < 4.78 is 12.6. The quantitative estimate of drug-likeness (QED) is 0.776. The molecule has 0 aliphatic heterocycles. The average Bonchev–Trinajstić information content (AvgIpc) is 3.20. The van der Waals surface area contributed by atoms with Crippen LogP contribution in [0.4, 0.5) is 0 Å². The summed E-state index contributed by atoms with van der Waals surface area (Å²) in [6, 6.07) is 5.44. The Labute approximate surface area is 148 Å². The Morgan fingerprint density at radius 3 is 2.96 bits per heavy atom. The number of oxazole rings is 1. The first-order valence-corrected chi connectivity index (χ1v) is 8.65. The lowest BCUT2D eigenvalue weighted by molar-refractivity contribution is 0.335. The third-order valence-corrected chi connectivity index (χ3v) is 4.94. The Bertz CT molecular complexity index is 1080. The number of nitrogens with one attached hydrogen (secondary N) is 1. The van der Waals surface area contributed by atoms with Gasteiger partial charge in [0.15, 0.2) is 11.1 Å². The van der Waals surface area contributed by atoms with Gasteiger partial charge < -0.3 is 13.7 Å². The molecular formula is C18H17ClN2O4. The first kappa shape index (κ1) is 16.0. The second kappa shape index (κ2) is 6.11. The van der Waals surface area contributed by atoms with Gasteiger partial charge in [0.05, 0.1) is 13.2 Å². The van der Waals surface area contributed by atoms with Gasteiger partial charge in [0.2, 0.25) is 0 Å². The number of aromatic nitrogens is 2. The van der Waals surface area contributed by atoms with E-state index in [-0.39, 0.29) is 11.1 Å². The molecule has 0 bridgehead atoms. The van der Waals surface area contributed by atoms with Crippen LogP contribution in [0.2, 0.25) is 5.02 Å². The Kier molecular flexibility index (Phi) is 3.92. The highest BCUT2D eigenvalue weighted by molar-refractivity contribution is 6.31. The molecule has 0 amide bonds. The number of benzene rings is 1. The van der Waals surface area contributed by atoms with Crippen molar-refractivity contribution in [2.45, 2.75) is 32.7 Å². The summed E-state index contributed by atoms with van der Waals surface area (Å²) in [5.74, 6) is 0.0566. The molecule has 0 fully saturated rings. The van der Waals surface area contributed by atoms with Gasteiger partial charge in [0.25, 0.3) is 5.56 Å². The van der Waals surface area contributed by atoms with E-state index in [1.165, 1.54) is 0 Å². The Morgan fingerprint density at radius 1 is 1.32 bits per heavy atom. The van der Waals surface area contributed by atoms with E-state index in [0.29, 0.717) is 29.5 Å². The van der Waals surface area contributed by atoms with Crippen LogP contribution in [-0.4, -0.2) is 16.2 Å². The number of pyridine rings is 1. The van der Waals surface area contributed by atoms with E-state index in [1.54, 1.807) is 10.6 Å².